The van der Waals surface area contributed by atoms with Crippen molar-refractivity contribution >= 4 is 17.4 Å². The zero-order valence-corrected chi connectivity index (χ0v) is 13.0. The van der Waals surface area contributed by atoms with E-state index in [0.717, 1.165) is 17.6 Å². The second-order valence-corrected chi connectivity index (χ2v) is 6.72. The fourth-order valence-electron chi connectivity index (χ4n) is 2.83. The standard InChI is InChI=1S/C16H22N4S/c1-2-4-6-13(5-3-1)11-17-14-7-9-15(10-8-14)21-16-18-12-19-20-16/h7-10,12-13,17H,1-6,11H2,(H,18,19,20). The average Bonchev–Trinajstić information content (AvgIpc) is 2.88. The van der Waals surface area contributed by atoms with E-state index in [0.29, 0.717) is 0 Å². The van der Waals surface area contributed by atoms with E-state index in [1.165, 1.54) is 55.4 Å². The molecule has 2 N–H and O–H groups in total. The maximum Gasteiger partial charge on any atom is 0.188 e. The Morgan fingerprint density at radius 2 is 1.86 bits per heavy atom. The molecule has 1 saturated carbocycles. The van der Waals surface area contributed by atoms with Gasteiger partial charge >= 0.3 is 0 Å². The zero-order chi connectivity index (χ0) is 14.3. The molecule has 3 rings (SSSR count). The third-order valence-electron chi connectivity index (χ3n) is 4.03. The summed E-state index contributed by atoms with van der Waals surface area (Å²) >= 11 is 1.59. The van der Waals surface area contributed by atoms with Crippen molar-refractivity contribution in [3.8, 4) is 0 Å². The number of aromatic amines is 1. The van der Waals surface area contributed by atoms with E-state index in [9.17, 15) is 0 Å². The summed E-state index contributed by atoms with van der Waals surface area (Å²) in [5, 5.41) is 11.1. The Bertz CT molecular complexity index is 516. The molecule has 0 saturated heterocycles. The summed E-state index contributed by atoms with van der Waals surface area (Å²) in [6.07, 6.45) is 9.94. The van der Waals surface area contributed by atoms with Crippen molar-refractivity contribution in [2.45, 2.75) is 48.6 Å². The second kappa shape index (κ2) is 7.50. The van der Waals surface area contributed by atoms with Crippen molar-refractivity contribution in [3.05, 3.63) is 30.6 Å². The fraction of sp³-hybridized carbons (Fsp3) is 0.500. The Hall–Kier alpha value is -1.49. The molecule has 0 bridgehead atoms. The molecule has 0 amide bonds. The number of nitrogens with one attached hydrogen (secondary N) is 2. The van der Waals surface area contributed by atoms with Crippen LogP contribution in [0.1, 0.15) is 38.5 Å². The molecule has 0 radical (unpaired) electrons. The van der Waals surface area contributed by atoms with Gasteiger partial charge in [-0.1, -0.05) is 37.4 Å². The topological polar surface area (TPSA) is 53.6 Å². The van der Waals surface area contributed by atoms with Crippen LogP contribution in [0.15, 0.2) is 40.6 Å². The SMILES string of the molecule is c1n[nH]c(Sc2ccc(NCC3CCCCCC3)cc2)n1. The molecule has 2 aromatic rings. The number of aromatic nitrogens is 3. The van der Waals surface area contributed by atoms with Crippen molar-refractivity contribution < 1.29 is 0 Å². The van der Waals surface area contributed by atoms with Crippen LogP contribution in [0.2, 0.25) is 0 Å². The second-order valence-electron chi connectivity index (χ2n) is 5.66. The van der Waals surface area contributed by atoms with Crippen molar-refractivity contribution in [2.24, 2.45) is 5.92 Å². The van der Waals surface area contributed by atoms with Crippen LogP contribution >= 0.6 is 11.8 Å². The highest BCUT2D eigenvalue weighted by Crippen LogP contribution is 2.26. The minimum Gasteiger partial charge on any atom is -0.385 e. The number of H-pyrrole nitrogens is 1. The van der Waals surface area contributed by atoms with Gasteiger partial charge in [-0.05, 0) is 43.0 Å². The number of benzene rings is 1. The van der Waals surface area contributed by atoms with Crippen LogP contribution in [0, 0.1) is 5.92 Å². The lowest BCUT2D eigenvalue weighted by Crippen LogP contribution is -2.13. The molecular formula is C16H22N4S. The van der Waals surface area contributed by atoms with Crippen molar-refractivity contribution in [3.63, 3.8) is 0 Å². The first-order valence-corrected chi connectivity index (χ1v) is 8.59. The summed E-state index contributed by atoms with van der Waals surface area (Å²) in [5.41, 5.74) is 1.21. The lowest BCUT2D eigenvalue weighted by molar-refractivity contribution is 0.483. The van der Waals surface area contributed by atoms with E-state index in [2.05, 4.69) is 44.8 Å². The summed E-state index contributed by atoms with van der Waals surface area (Å²) < 4.78 is 0. The average molecular weight is 302 g/mol. The Morgan fingerprint density at radius 3 is 2.52 bits per heavy atom. The summed E-state index contributed by atoms with van der Waals surface area (Å²) in [6, 6.07) is 8.55. The van der Waals surface area contributed by atoms with Crippen molar-refractivity contribution in [1.82, 2.24) is 15.2 Å². The Balaban J connectivity index is 1.49. The number of nitrogens with zero attached hydrogens (tertiary/aromatic N) is 2. The van der Waals surface area contributed by atoms with Gasteiger partial charge in [0.05, 0.1) is 0 Å². The molecule has 21 heavy (non-hydrogen) atoms. The molecule has 1 aliphatic carbocycles. The van der Waals surface area contributed by atoms with Gasteiger partial charge in [0.25, 0.3) is 0 Å². The van der Waals surface area contributed by atoms with Gasteiger partial charge in [0, 0.05) is 17.1 Å². The lowest BCUT2D eigenvalue weighted by Gasteiger charge is -2.15. The van der Waals surface area contributed by atoms with Crippen LogP contribution in [0.5, 0.6) is 0 Å². The normalized spacial score (nSPS) is 16.6. The third-order valence-corrected chi connectivity index (χ3v) is 4.93. The van der Waals surface area contributed by atoms with E-state index >= 15 is 0 Å². The zero-order valence-electron chi connectivity index (χ0n) is 12.2. The van der Waals surface area contributed by atoms with Gasteiger partial charge in [-0.2, -0.15) is 5.10 Å². The smallest absolute Gasteiger partial charge is 0.188 e. The van der Waals surface area contributed by atoms with E-state index in [-0.39, 0.29) is 0 Å². The molecule has 1 aromatic heterocycles. The minimum absolute atomic E-state index is 0.828. The summed E-state index contributed by atoms with van der Waals surface area (Å²) in [6.45, 7) is 1.11. The Labute approximate surface area is 130 Å². The van der Waals surface area contributed by atoms with E-state index < -0.39 is 0 Å². The van der Waals surface area contributed by atoms with Crippen LogP contribution in [0.25, 0.3) is 0 Å². The van der Waals surface area contributed by atoms with E-state index in [1.54, 1.807) is 11.8 Å². The molecule has 1 heterocycles. The number of rotatable bonds is 5. The third kappa shape index (κ3) is 4.49. The monoisotopic (exact) mass is 302 g/mol. The Kier molecular flexibility index (Phi) is 5.16. The highest BCUT2D eigenvalue weighted by molar-refractivity contribution is 7.99. The van der Waals surface area contributed by atoms with Gasteiger partial charge in [-0.3, -0.25) is 5.10 Å². The van der Waals surface area contributed by atoms with Crippen LogP contribution < -0.4 is 5.32 Å². The quantitative estimate of drug-likeness (QED) is 0.807. The van der Waals surface area contributed by atoms with Crippen LogP contribution in [0.4, 0.5) is 5.69 Å². The van der Waals surface area contributed by atoms with Gasteiger partial charge in [0.15, 0.2) is 5.16 Å². The van der Waals surface area contributed by atoms with Crippen LogP contribution in [-0.2, 0) is 0 Å². The summed E-state index contributed by atoms with van der Waals surface area (Å²) in [4.78, 5) is 5.29. The van der Waals surface area contributed by atoms with E-state index in [4.69, 9.17) is 0 Å². The molecule has 112 valence electrons. The molecule has 5 heteroatoms. The highest BCUT2D eigenvalue weighted by Gasteiger charge is 2.11. The molecule has 1 fully saturated rings. The van der Waals surface area contributed by atoms with Gasteiger partial charge < -0.3 is 5.32 Å². The van der Waals surface area contributed by atoms with Crippen molar-refractivity contribution in [2.75, 3.05) is 11.9 Å². The lowest BCUT2D eigenvalue weighted by atomic mass is 10.0. The van der Waals surface area contributed by atoms with E-state index in [1.807, 2.05) is 0 Å². The number of anilines is 1. The summed E-state index contributed by atoms with van der Waals surface area (Å²) in [5.74, 6) is 0.843. The van der Waals surface area contributed by atoms with Crippen molar-refractivity contribution in [1.29, 1.82) is 0 Å². The van der Waals surface area contributed by atoms with Gasteiger partial charge in [-0.15, -0.1) is 0 Å². The van der Waals surface area contributed by atoms with Gasteiger partial charge in [0.2, 0.25) is 0 Å². The predicted molar refractivity (Wildman–Crippen MR) is 86.6 cm³/mol. The first kappa shape index (κ1) is 14.4. The number of hydrogen-bond acceptors (Lipinski definition) is 4. The first-order valence-electron chi connectivity index (χ1n) is 7.77. The molecule has 0 unspecified atom stereocenters. The van der Waals surface area contributed by atoms with Crippen LogP contribution in [0.3, 0.4) is 0 Å². The molecule has 0 spiro atoms. The predicted octanol–water partition coefficient (Wildman–Crippen LogP) is 4.34. The molecule has 0 aliphatic heterocycles. The molecule has 1 aromatic carbocycles. The van der Waals surface area contributed by atoms with Crippen LogP contribution in [-0.4, -0.2) is 21.7 Å². The maximum atomic E-state index is 4.12. The van der Waals surface area contributed by atoms with Gasteiger partial charge in [-0.25, -0.2) is 4.98 Å². The first-order chi connectivity index (χ1) is 10.4. The molecule has 4 nitrogen and oxygen atoms in total. The molecular weight excluding hydrogens is 280 g/mol. The largest absolute Gasteiger partial charge is 0.385 e. The summed E-state index contributed by atoms with van der Waals surface area (Å²) in [7, 11) is 0. The minimum atomic E-state index is 0.828. The Morgan fingerprint density at radius 1 is 1.10 bits per heavy atom. The molecule has 1 aliphatic rings. The van der Waals surface area contributed by atoms with Gasteiger partial charge in [0.1, 0.15) is 6.33 Å². The highest BCUT2D eigenvalue weighted by atomic mass is 32.2. The molecule has 0 atom stereocenters. The fourth-order valence-corrected chi connectivity index (χ4v) is 3.52. The maximum absolute atomic E-state index is 4.12. The number of hydrogen-bond donors (Lipinski definition) is 2.